The fourth-order valence-corrected chi connectivity index (χ4v) is 2.37. The second-order valence-electron chi connectivity index (χ2n) is 4.10. The number of hydrogen-bond acceptors (Lipinski definition) is 3. The van der Waals surface area contributed by atoms with Crippen molar-refractivity contribution in [3.63, 3.8) is 0 Å². The summed E-state index contributed by atoms with van der Waals surface area (Å²) in [4.78, 5) is 10.3. The van der Waals surface area contributed by atoms with Crippen LogP contribution in [0.1, 0.15) is 11.1 Å². The van der Waals surface area contributed by atoms with Gasteiger partial charge in [-0.25, -0.2) is 0 Å². The molecule has 2 aromatic rings. The topological polar surface area (TPSA) is 52.4 Å². The summed E-state index contributed by atoms with van der Waals surface area (Å²) < 4.78 is 6.73. The molecule has 0 atom stereocenters. The minimum atomic E-state index is -0.412. The summed E-state index contributed by atoms with van der Waals surface area (Å²) >= 11 is 6.69. The maximum Gasteiger partial charge on any atom is 0.270 e. The van der Waals surface area contributed by atoms with Crippen molar-refractivity contribution >= 4 is 37.5 Å². The molecular formula is C14H11Br2NO3. The smallest absolute Gasteiger partial charge is 0.270 e. The van der Waals surface area contributed by atoms with Gasteiger partial charge in [0.2, 0.25) is 0 Å². The van der Waals surface area contributed by atoms with Gasteiger partial charge >= 0.3 is 0 Å². The highest BCUT2D eigenvalue weighted by Gasteiger charge is 2.11. The van der Waals surface area contributed by atoms with Crippen LogP contribution in [0.15, 0.2) is 46.9 Å². The molecule has 20 heavy (non-hydrogen) atoms. The van der Waals surface area contributed by atoms with Gasteiger partial charge in [-0.1, -0.05) is 44.0 Å². The van der Waals surface area contributed by atoms with E-state index in [-0.39, 0.29) is 5.69 Å². The van der Waals surface area contributed by atoms with Gasteiger partial charge in [0.25, 0.3) is 5.69 Å². The Morgan fingerprint density at radius 2 is 1.85 bits per heavy atom. The van der Waals surface area contributed by atoms with Crippen LogP contribution in [-0.2, 0) is 11.9 Å². The quantitative estimate of drug-likeness (QED) is 0.410. The van der Waals surface area contributed by atoms with Crippen LogP contribution < -0.4 is 4.74 Å². The van der Waals surface area contributed by atoms with Crippen LogP contribution in [0, 0.1) is 10.1 Å². The Balaban J connectivity index is 2.12. The van der Waals surface area contributed by atoms with E-state index >= 15 is 0 Å². The average Bonchev–Trinajstić information content (AvgIpc) is 2.46. The summed E-state index contributed by atoms with van der Waals surface area (Å²) in [6.07, 6.45) is 0. The summed E-state index contributed by atoms with van der Waals surface area (Å²) in [5, 5.41) is 11.2. The fraction of sp³-hybridized carbons (Fsp3) is 0.143. The van der Waals surface area contributed by atoms with Crippen molar-refractivity contribution in [3.05, 3.63) is 68.2 Å². The van der Waals surface area contributed by atoms with Gasteiger partial charge in [-0.05, 0) is 23.8 Å². The van der Waals surface area contributed by atoms with Crippen molar-refractivity contribution in [2.24, 2.45) is 0 Å². The first-order valence-electron chi connectivity index (χ1n) is 5.80. The third-order valence-corrected chi connectivity index (χ3v) is 3.84. The third-order valence-electron chi connectivity index (χ3n) is 2.71. The molecule has 2 aromatic carbocycles. The van der Waals surface area contributed by atoms with E-state index in [2.05, 4.69) is 31.9 Å². The SMILES string of the molecule is O=[N+]([O-])c1ccc(OCc2ccc(Br)cc2)c(CBr)c1. The molecular weight excluding hydrogens is 390 g/mol. The summed E-state index contributed by atoms with van der Waals surface area (Å²) in [6, 6.07) is 12.4. The van der Waals surface area contributed by atoms with E-state index in [0.717, 1.165) is 15.6 Å². The molecule has 0 heterocycles. The van der Waals surface area contributed by atoms with Gasteiger partial charge in [-0.2, -0.15) is 0 Å². The largest absolute Gasteiger partial charge is 0.489 e. The first-order chi connectivity index (χ1) is 9.60. The molecule has 0 saturated heterocycles. The van der Waals surface area contributed by atoms with Gasteiger partial charge in [0.05, 0.1) is 4.92 Å². The van der Waals surface area contributed by atoms with Gasteiger partial charge in [-0.15, -0.1) is 0 Å². The zero-order chi connectivity index (χ0) is 14.5. The third kappa shape index (κ3) is 3.80. The molecule has 0 N–H and O–H groups in total. The lowest BCUT2D eigenvalue weighted by Gasteiger charge is -2.10. The van der Waals surface area contributed by atoms with Crippen LogP contribution in [0.25, 0.3) is 0 Å². The Hall–Kier alpha value is -1.40. The van der Waals surface area contributed by atoms with Gasteiger partial charge in [-0.3, -0.25) is 10.1 Å². The molecule has 0 radical (unpaired) electrons. The number of nitro benzene ring substituents is 1. The molecule has 0 aliphatic carbocycles. The van der Waals surface area contributed by atoms with Gasteiger partial charge in [0.15, 0.2) is 0 Å². The van der Waals surface area contributed by atoms with E-state index < -0.39 is 4.92 Å². The summed E-state index contributed by atoms with van der Waals surface area (Å²) in [5.74, 6) is 0.649. The Bertz CT molecular complexity index is 614. The van der Waals surface area contributed by atoms with Crippen LogP contribution >= 0.6 is 31.9 Å². The van der Waals surface area contributed by atoms with Crippen LogP contribution in [-0.4, -0.2) is 4.92 Å². The average molecular weight is 401 g/mol. The molecule has 0 fully saturated rings. The number of alkyl halides is 1. The summed E-state index contributed by atoms with van der Waals surface area (Å²) in [5.41, 5.74) is 1.86. The van der Waals surface area contributed by atoms with E-state index in [1.54, 1.807) is 6.07 Å². The minimum Gasteiger partial charge on any atom is -0.489 e. The Labute approximate surface area is 133 Å². The summed E-state index contributed by atoms with van der Waals surface area (Å²) in [7, 11) is 0. The van der Waals surface area contributed by atoms with Crippen molar-refractivity contribution in [2.75, 3.05) is 0 Å². The highest BCUT2D eigenvalue weighted by atomic mass is 79.9. The van der Waals surface area contributed by atoms with Crippen LogP contribution in [0.3, 0.4) is 0 Å². The highest BCUT2D eigenvalue weighted by Crippen LogP contribution is 2.27. The van der Waals surface area contributed by atoms with Crippen LogP contribution in [0.4, 0.5) is 5.69 Å². The normalized spacial score (nSPS) is 10.3. The number of rotatable bonds is 5. The molecule has 6 heteroatoms. The molecule has 0 unspecified atom stereocenters. The minimum absolute atomic E-state index is 0.0652. The number of ether oxygens (including phenoxy) is 1. The lowest BCUT2D eigenvalue weighted by Crippen LogP contribution is -1.99. The molecule has 0 spiro atoms. The van der Waals surface area contributed by atoms with E-state index in [9.17, 15) is 10.1 Å². The Kier molecular flexibility index (Phi) is 5.14. The zero-order valence-electron chi connectivity index (χ0n) is 10.4. The van der Waals surface area contributed by atoms with Crippen molar-refractivity contribution in [3.8, 4) is 5.75 Å². The molecule has 0 aromatic heterocycles. The monoisotopic (exact) mass is 399 g/mol. The number of halogens is 2. The number of benzene rings is 2. The van der Waals surface area contributed by atoms with E-state index in [1.807, 2.05) is 24.3 Å². The lowest BCUT2D eigenvalue weighted by molar-refractivity contribution is -0.384. The zero-order valence-corrected chi connectivity index (χ0v) is 13.6. The highest BCUT2D eigenvalue weighted by molar-refractivity contribution is 9.10. The molecule has 2 rings (SSSR count). The van der Waals surface area contributed by atoms with Gasteiger partial charge < -0.3 is 4.74 Å². The number of hydrogen-bond donors (Lipinski definition) is 0. The van der Waals surface area contributed by atoms with E-state index in [4.69, 9.17) is 4.74 Å². The Morgan fingerprint density at radius 1 is 1.15 bits per heavy atom. The fourth-order valence-electron chi connectivity index (χ4n) is 1.67. The van der Waals surface area contributed by atoms with E-state index in [1.165, 1.54) is 12.1 Å². The van der Waals surface area contributed by atoms with Crippen molar-refractivity contribution in [1.29, 1.82) is 0 Å². The molecule has 0 aliphatic heterocycles. The second kappa shape index (κ2) is 6.85. The second-order valence-corrected chi connectivity index (χ2v) is 5.57. The molecule has 0 saturated carbocycles. The first kappa shape index (κ1) is 15.0. The molecule has 104 valence electrons. The van der Waals surface area contributed by atoms with Crippen LogP contribution in [0.2, 0.25) is 0 Å². The summed E-state index contributed by atoms with van der Waals surface area (Å²) in [6.45, 7) is 0.422. The molecule has 4 nitrogen and oxygen atoms in total. The lowest BCUT2D eigenvalue weighted by atomic mass is 10.2. The number of nitrogens with zero attached hydrogens (tertiary/aromatic N) is 1. The van der Waals surface area contributed by atoms with E-state index in [0.29, 0.717) is 17.7 Å². The first-order valence-corrected chi connectivity index (χ1v) is 7.72. The predicted octanol–water partition coefficient (Wildman–Crippen LogP) is 4.83. The van der Waals surface area contributed by atoms with Gasteiger partial charge in [0, 0.05) is 27.5 Å². The number of nitro groups is 1. The van der Waals surface area contributed by atoms with Crippen molar-refractivity contribution in [1.82, 2.24) is 0 Å². The predicted molar refractivity (Wildman–Crippen MR) is 84.2 cm³/mol. The molecule has 0 aliphatic rings. The molecule has 0 bridgehead atoms. The maximum absolute atomic E-state index is 10.7. The Morgan fingerprint density at radius 3 is 2.45 bits per heavy atom. The number of non-ortho nitro benzene ring substituents is 1. The molecule has 0 amide bonds. The standard InChI is InChI=1S/C14H11Br2NO3/c15-8-11-7-13(17(18)19)5-6-14(11)20-9-10-1-3-12(16)4-2-10/h1-7H,8-9H2. The van der Waals surface area contributed by atoms with Crippen molar-refractivity contribution < 1.29 is 9.66 Å². The van der Waals surface area contributed by atoms with Crippen LogP contribution in [0.5, 0.6) is 5.75 Å². The van der Waals surface area contributed by atoms with Gasteiger partial charge in [0.1, 0.15) is 12.4 Å². The maximum atomic E-state index is 10.7. The van der Waals surface area contributed by atoms with Crippen molar-refractivity contribution in [2.45, 2.75) is 11.9 Å².